The van der Waals surface area contributed by atoms with Crippen LogP contribution >= 0.6 is 0 Å². The summed E-state index contributed by atoms with van der Waals surface area (Å²) in [4.78, 5) is 15.4. The van der Waals surface area contributed by atoms with Gasteiger partial charge in [0.05, 0.1) is 11.3 Å². The molecule has 0 aliphatic heterocycles. The van der Waals surface area contributed by atoms with Crippen molar-refractivity contribution in [1.29, 1.82) is 0 Å². The van der Waals surface area contributed by atoms with Crippen LogP contribution in [-0.2, 0) is 19.3 Å². The molecule has 0 unspecified atom stereocenters. The highest BCUT2D eigenvalue weighted by atomic mass is 16.4. The van der Waals surface area contributed by atoms with Crippen molar-refractivity contribution in [2.24, 2.45) is 0 Å². The van der Waals surface area contributed by atoms with E-state index in [2.05, 4.69) is 4.98 Å². The summed E-state index contributed by atoms with van der Waals surface area (Å²) in [5.74, 6) is -0.857. The maximum atomic E-state index is 10.9. The van der Waals surface area contributed by atoms with Crippen LogP contribution in [0.2, 0.25) is 0 Å². The van der Waals surface area contributed by atoms with Crippen LogP contribution in [0.5, 0.6) is 0 Å². The summed E-state index contributed by atoms with van der Waals surface area (Å²) in [6.07, 6.45) is 3.78. The zero-order valence-corrected chi connectivity index (χ0v) is 8.21. The molecule has 0 bridgehead atoms. The zero-order chi connectivity index (χ0) is 10.1. The molecule has 3 heteroatoms. The summed E-state index contributed by atoms with van der Waals surface area (Å²) < 4.78 is 0. The Balaban J connectivity index is 2.54. The van der Waals surface area contributed by atoms with Crippen molar-refractivity contribution in [3.8, 4) is 0 Å². The molecule has 1 heterocycles. The molecule has 0 amide bonds. The van der Waals surface area contributed by atoms with Gasteiger partial charge in [-0.05, 0) is 37.3 Å². The Hall–Kier alpha value is -1.38. The van der Waals surface area contributed by atoms with Crippen LogP contribution in [0, 0.1) is 0 Å². The molecular formula is C11H13NO2. The average molecular weight is 191 g/mol. The molecule has 1 aromatic rings. The highest BCUT2D eigenvalue weighted by Crippen LogP contribution is 2.23. The maximum Gasteiger partial charge on any atom is 0.337 e. The Morgan fingerprint density at radius 1 is 1.57 bits per heavy atom. The van der Waals surface area contributed by atoms with Gasteiger partial charge < -0.3 is 5.11 Å². The summed E-state index contributed by atoms with van der Waals surface area (Å²) in [5, 5.41) is 8.99. The number of aromatic nitrogens is 1. The van der Waals surface area contributed by atoms with Crippen molar-refractivity contribution in [1.82, 2.24) is 4.98 Å². The van der Waals surface area contributed by atoms with Crippen LogP contribution < -0.4 is 0 Å². The van der Waals surface area contributed by atoms with E-state index >= 15 is 0 Å². The van der Waals surface area contributed by atoms with Crippen LogP contribution in [0.25, 0.3) is 0 Å². The summed E-state index contributed by atoms with van der Waals surface area (Å²) in [6, 6.07) is 1.80. The molecule has 1 aliphatic rings. The minimum absolute atomic E-state index is 0.383. The summed E-state index contributed by atoms with van der Waals surface area (Å²) in [6.45, 7) is 1.94. The van der Waals surface area contributed by atoms with Crippen molar-refractivity contribution < 1.29 is 9.90 Å². The third-order valence-electron chi connectivity index (χ3n) is 2.70. The molecule has 14 heavy (non-hydrogen) atoms. The molecule has 2 rings (SSSR count). The molecule has 0 spiro atoms. The Morgan fingerprint density at radius 3 is 3.00 bits per heavy atom. The topological polar surface area (TPSA) is 50.2 Å². The Morgan fingerprint density at radius 2 is 2.36 bits per heavy atom. The van der Waals surface area contributed by atoms with Crippen LogP contribution in [-0.4, -0.2) is 16.1 Å². The minimum atomic E-state index is -0.857. The summed E-state index contributed by atoms with van der Waals surface area (Å²) >= 11 is 0. The molecule has 1 aliphatic carbocycles. The average Bonchev–Trinajstić information content (AvgIpc) is 2.62. The number of carbonyl (C=O) groups is 1. The lowest BCUT2D eigenvalue weighted by Gasteiger charge is -2.06. The summed E-state index contributed by atoms with van der Waals surface area (Å²) in [7, 11) is 0. The number of pyridine rings is 1. The van der Waals surface area contributed by atoms with Gasteiger partial charge in [0.1, 0.15) is 0 Å². The number of aryl methyl sites for hydroxylation is 3. The number of aromatic carboxylic acids is 1. The lowest BCUT2D eigenvalue weighted by atomic mass is 10.1. The van der Waals surface area contributed by atoms with E-state index in [1.54, 1.807) is 6.07 Å². The Kier molecular flexibility index (Phi) is 2.23. The van der Waals surface area contributed by atoms with Gasteiger partial charge in [0.15, 0.2) is 0 Å². The van der Waals surface area contributed by atoms with Crippen molar-refractivity contribution in [3.05, 3.63) is 28.6 Å². The van der Waals surface area contributed by atoms with E-state index in [0.717, 1.165) is 36.2 Å². The van der Waals surface area contributed by atoms with Gasteiger partial charge in [-0.3, -0.25) is 4.98 Å². The highest BCUT2D eigenvalue weighted by molar-refractivity contribution is 5.89. The molecule has 3 nitrogen and oxygen atoms in total. The lowest BCUT2D eigenvalue weighted by molar-refractivity contribution is 0.0695. The number of hydrogen-bond donors (Lipinski definition) is 1. The number of nitrogens with zero attached hydrogens (tertiary/aromatic N) is 1. The van der Waals surface area contributed by atoms with Gasteiger partial charge in [-0.1, -0.05) is 6.92 Å². The lowest BCUT2D eigenvalue weighted by Crippen LogP contribution is -2.06. The number of hydrogen-bond acceptors (Lipinski definition) is 2. The molecule has 1 aromatic heterocycles. The van der Waals surface area contributed by atoms with Crippen LogP contribution in [0.4, 0.5) is 0 Å². The third kappa shape index (κ3) is 1.39. The van der Waals surface area contributed by atoms with Gasteiger partial charge in [-0.2, -0.15) is 0 Å². The van der Waals surface area contributed by atoms with Gasteiger partial charge in [-0.25, -0.2) is 4.79 Å². The van der Waals surface area contributed by atoms with E-state index in [4.69, 9.17) is 5.11 Å². The fourth-order valence-corrected chi connectivity index (χ4v) is 1.97. The van der Waals surface area contributed by atoms with Crippen molar-refractivity contribution in [3.63, 3.8) is 0 Å². The first-order chi connectivity index (χ1) is 6.72. The molecule has 0 saturated carbocycles. The molecule has 1 N–H and O–H groups in total. The predicted octanol–water partition coefficient (Wildman–Crippen LogP) is 1.83. The third-order valence-corrected chi connectivity index (χ3v) is 2.70. The first-order valence-electron chi connectivity index (χ1n) is 4.97. The molecular weight excluding hydrogens is 178 g/mol. The smallest absolute Gasteiger partial charge is 0.337 e. The standard InChI is InChI=1S/C11H13NO2/c1-2-9-8(11(13)14)6-7-4-3-5-10(7)12-9/h6H,2-5H2,1H3,(H,13,14). The van der Waals surface area contributed by atoms with E-state index in [1.165, 1.54) is 0 Å². The molecule has 74 valence electrons. The second-order valence-electron chi connectivity index (χ2n) is 3.60. The van der Waals surface area contributed by atoms with Gasteiger partial charge in [0.25, 0.3) is 0 Å². The van der Waals surface area contributed by atoms with Crippen molar-refractivity contribution in [2.45, 2.75) is 32.6 Å². The van der Waals surface area contributed by atoms with E-state index in [9.17, 15) is 4.79 Å². The molecule has 0 fully saturated rings. The SMILES string of the molecule is CCc1nc2c(cc1C(=O)O)CCC2. The number of rotatable bonds is 2. The second kappa shape index (κ2) is 3.40. The molecule has 0 atom stereocenters. The number of fused-ring (bicyclic) bond motifs is 1. The van der Waals surface area contributed by atoms with Gasteiger partial charge in [0.2, 0.25) is 0 Å². The predicted molar refractivity (Wildman–Crippen MR) is 52.6 cm³/mol. The van der Waals surface area contributed by atoms with E-state index < -0.39 is 5.97 Å². The largest absolute Gasteiger partial charge is 0.478 e. The minimum Gasteiger partial charge on any atom is -0.478 e. The van der Waals surface area contributed by atoms with E-state index in [-0.39, 0.29) is 0 Å². The second-order valence-corrected chi connectivity index (χ2v) is 3.60. The highest BCUT2D eigenvalue weighted by Gasteiger charge is 2.18. The van der Waals surface area contributed by atoms with Gasteiger partial charge >= 0.3 is 5.97 Å². The van der Waals surface area contributed by atoms with Crippen LogP contribution in [0.15, 0.2) is 6.07 Å². The quantitative estimate of drug-likeness (QED) is 0.775. The normalized spacial score (nSPS) is 14.1. The first kappa shape index (κ1) is 9.19. The number of carboxylic acid groups (broad SMARTS) is 1. The van der Waals surface area contributed by atoms with Crippen LogP contribution in [0.3, 0.4) is 0 Å². The Bertz CT molecular complexity index is 385. The maximum absolute atomic E-state index is 10.9. The van der Waals surface area contributed by atoms with Crippen LogP contribution in [0.1, 0.15) is 40.7 Å². The van der Waals surface area contributed by atoms with Crippen molar-refractivity contribution >= 4 is 5.97 Å². The monoisotopic (exact) mass is 191 g/mol. The van der Waals surface area contributed by atoms with E-state index in [1.807, 2.05) is 6.92 Å². The molecule has 0 saturated heterocycles. The number of carboxylic acids is 1. The van der Waals surface area contributed by atoms with Gasteiger partial charge in [0, 0.05) is 5.69 Å². The summed E-state index contributed by atoms with van der Waals surface area (Å²) in [5.41, 5.74) is 3.33. The zero-order valence-electron chi connectivity index (χ0n) is 8.21. The fourth-order valence-electron chi connectivity index (χ4n) is 1.97. The fraction of sp³-hybridized carbons (Fsp3) is 0.455. The Labute approximate surface area is 82.8 Å². The first-order valence-corrected chi connectivity index (χ1v) is 4.97. The van der Waals surface area contributed by atoms with E-state index in [0.29, 0.717) is 12.0 Å². The van der Waals surface area contributed by atoms with Crippen molar-refractivity contribution in [2.75, 3.05) is 0 Å². The van der Waals surface area contributed by atoms with Gasteiger partial charge in [-0.15, -0.1) is 0 Å². The molecule has 0 radical (unpaired) electrons. The molecule has 0 aromatic carbocycles.